The Labute approximate surface area is 84.9 Å². The normalized spacial score (nSPS) is 12.6. The van der Waals surface area contributed by atoms with Crippen molar-refractivity contribution in [2.75, 3.05) is 0 Å². The predicted molar refractivity (Wildman–Crippen MR) is 54.1 cm³/mol. The number of rotatable bonds is 2. The van der Waals surface area contributed by atoms with Crippen LogP contribution in [0.1, 0.15) is 15.9 Å². The molecular formula is C9H8BrClO. The third-order valence-electron chi connectivity index (χ3n) is 1.53. The van der Waals surface area contributed by atoms with Crippen molar-refractivity contribution in [2.24, 2.45) is 0 Å². The SMILES string of the molecule is Cc1ccc(C(=O)C(Cl)Br)cc1. The summed E-state index contributed by atoms with van der Waals surface area (Å²) in [5, 5.41) is 0. The lowest BCUT2D eigenvalue weighted by atomic mass is 10.1. The van der Waals surface area contributed by atoms with Gasteiger partial charge in [-0.3, -0.25) is 4.79 Å². The molecule has 0 aromatic heterocycles. The second-order valence-corrected chi connectivity index (χ2v) is 4.41. The molecule has 1 atom stereocenters. The van der Waals surface area contributed by atoms with Crippen LogP contribution in [-0.2, 0) is 0 Å². The number of hydrogen-bond acceptors (Lipinski definition) is 1. The molecule has 0 fully saturated rings. The first-order valence-electron chi connectivity index (χ1n) is 3.50. The number of benzene rings is 1. The largest absolute Gasteiger partial charge is 0.292 e. The van der Waals surface area contributed by atoms with E-state index in [1.807, 2.05) is 19.1 Å². The topological polar surface area (TPSA) is 17.1 Å². The minimum absolute atomic E-state index is 0.100. The highest BCUT2D eigenvalue weighted by Crippen LogP contribution is 2.14. The Hall–Kier alpha value is -0.340. The fourth-order valence-electron chi connectivity index (χ4n) is 0.844. The van der Waals surface area contributed by atoms with Gasteiger partial charge in [-0.15, -0.1) is 11.6 Å². The van der Waals surface area contributed by atoms with Crippen LogP contribution in [0.25, 0.3) is 0 Å². The zero-order valence-electron chi connectivity index (χ0n) is 6.55. The van der Waals surface area contributed by atoms with E-state index in [4.69, 9.17) is 11.6 Å². The van der Waals surface area contributed by atoms with E-state index >= 15 is 0 Å². The molecule has 12 heavy (non-hydrogen) atoms. The van der Waals surface area contributed by atoms with Crippen LogP contribution in [0.5, 0.6) is 0 Å². The van der Waals surface area contributed by atoms with E-state index in [0.29, 0.717) is 5.56 Å². The molecule has 0 amide bonds. The van der Waals surface area contributed by atoms with Crippen molar-refractivity contribution < 1.29 is 4.79 Å². The summed E-state index contributed by atoms with van der Waals surface area (Å²) in [6.07, 6.45) is 0. The summed E-state index contributed by atoms with van der Waals surface area (Å²) >= 11 is 8.58. The van der Waals surface area contributed by atoms with Gasteiger partial charge in [-0.2, -0.15) is 0 Å². The van der Waals surface area contributed by atoms with Gasteiger partial charge >= 0.3 is 0 Å². The maximum absolute atomic E-state index is 11.3. The van der Waals surface area contributed by atoms with E-state index in [-0.39, 0.29) is 5.78 Å². The van der Waals surface area contributed by atoms with E-state index in [1.165, 1.54) is 0 Å². The van der Waals surface area contributed by atoms with Gasteiger partial charge in [-0.25, -0.2) is 0 Å². The van der Waals surface area contributed by atoms with Crippen molar-refractivity contribution >= 4 is 33.3 Å². The van der Waals surface area contributed by atoms with E-state index in [0.717, 1.165) is 5.56 Å². The summed E-state index contributed by atoms with van der Waals surface area (Å²) in [4.78, 5) is 11.3. The quantitative estimate of drug-likeness (QED) is 0.580. The molecule has 0 aliphatic heterocycles. The lowest BCUT2D eigenvalue weighted by Gasteiger charge is -2.00. The molecule has 0 saturated carbocycles. The Morgan fingerprint density at radius 3 is 2.33 bits per heavy atom. The molecule has 0 radical (unpaired) electrons. The lowest BCUT2D eigenvalue weighted by Crippen LogP contribution is -2.06. The molecule has 0 spiro atoms. The Bertz CT molecular complexity index is 279. The average Bonchev–Trinajstić information content (AvgIpc) is 2.04. The minimum Gasteiger partial charge on any atom is -0.292 e. The van der Waals surface area contributed by atoms with Gasteiger partial charge in [-0.1, -0.05) is 45.8 Å². The summed E-state index contributed by atoms with van der Waals surface area (Å²) in [5.41, 5.74) is 1.77. The number of carbonyl (C=O) groups is 1. The molecule has 1 unspecified atom stereocenters. The molecule has 1 nitrogen and oxygen atoms in total. The highest BCUT2D eigenvalue weighted by Gasteiger charge is 2.12. The van der Waals surface area contributed by atoms with Crippen molar-refractivity contribution in [1.29, 1.82) is 0 Å². The molecule has 3 heteroatoms. The number of aryl methyl sites for hydroxylation is 1. The fourth-order valence-corrected chi connectivity index (χ4v) is 1.23. The molecule has 0 aliphatic carbocycles. The lowest BCUT2D eigenvalue weighted by molar-refractivity contribution is 0.101. The van der Waals surface area contributed by atoms with E-state index in [1.54, 1.807) is 12.1 Å². The molecule has 1 aromatic rings. The van der Waals surface area contributed by atoms with Gasteiger partial charge in [-0.05, 0) is 6.92 Å². The second kappa shape index (κ2) is 4.06. The Morgan fingerprint density at radius 2 is 1.92 bits per heavy atom. The Morgan fingerprint density at radius 1 is 1.42 bits per heavy atom. The van der Waals surface area contributed by atoms with E-state index < -0.39 is 4.29 Å². The fraction of sp³-hybridized carbons (Fsp3) is 0.222. The standard InChI is InChI=1S/C9H8BrClO/c1-6-2-4-7(5-3-6)8(12)9(10)11/h2-5,9H,1H3. The monoisotopic (exact) mass is 246 g/mol. The average molecular weight is 248 g/mol. The molecule has 1 rings (SSSR count). The summed E-state index contributed by atoms with van der Waals surface area (Å²) in [5.74, 6) is -0.100. The van der Waals surface area contributed by atoms with Crippen molar-refractivity contribution in [1.82, 2.24) is 0 Å². The van der Waals surface area contributed by atoms with Crippen molar-refractivity contribution in [2.45, 2.75) is 11.2 Å². The highest BCUT2D eigenvalue weighted by molar-refractivity contribution is 9.10. The first kappa shape index (κ1) is 9.75. The molecule has 0 bridgehead atoms. The van der Waals surface area contributed by atoms with Crippen molar-refractivity contribution in [3.05, 3.63) is 35.4 Å². The predicted octanol–water partition coefficient (Wildman–Crippen LogP) is 3.14. The van der Waals surface area contributed by atoms with Gasteiger partial charge in [0.25, 0.3) is 0 Å². The van der Waals surface area contributed by atoms with Gasteiger partial charge in [0, 0.05) is 5.56 Å². The maximum Gasteiger partial charge on any atom is 0.191 e. The van der Waals surface area contributed by atoms with Crippen LogP contribution < -0.4 is 0 Å². The number of hydrogen-bond donors (Lipinski definition) is 0. The molecule has 0 heterocycles. The van der Waals surface area contributed by atoms with Crippen molar-refractivity contribution in [3.8, 4) is 0 Å². The van der Waals surface area contributed by atoms with Crippen LogP contribution in [0.4, 0.5) is 0 Å². The number of alkyl halides is 2. The van der Waals surface area contributed by atoms with Crippen LogP contribution in [0.3, 0.4) is 0 Å². The minimum atomic E-state index is -0.625. The van der Waals surface area contributed by atoms with Crippen LogP contribution in [-0.4, -0.2) is 10.1 Å². The Kier molecular flexibility index (Phi) is 3.29. The van der Waals surface area contributed by atoms with Crippen LogP contribution in [0, 0.1) is 6.92 Å². The molecule has 1 aromatic carbocycles. The zero-order valence-corrected chi connectivity index (χ0v) is 8.89. The molecule has 0 N–H and O–H groups in total. The molecule has 64 valence electrons. The zero-order chi connectivity index (χ0) is 9.14. The molecule has 0 saturated heterocycles. The molecule has 0 aliphatic rings. The van der Waals surface area contributed by atoms with Gasteiger partial charge < -0.3 is 0 Å². The summed E-state index contributed by atoms with van der Waals surface area (Å²) in [7, 11) is 0. The summed E-state index contributed by atoms with van der Waals surface area (Å²) in [6, 6.07) is 7.32. The van der Waals surface area contributed by atoms with Crippen LogP contribution in [0.15, 0.2) is 24.3 Å². The van der Waals surface area contributed by atoms with E-state index in [2.05, 4.69) is 15.9 Å². The van der Waals surface area contributed by atoms with Gasteiger partial charge in [0.1, 0.15) is 0 Å². The van der Waals surface area contributed by atoms with Crippen molar-refractivity contribution in [3.63, 3.8) is 0 Å². The smallest absolute Gasteiger partial charge is 0.191 e. The van der Waals surface area contributed by atoms with Gasteiger partial charge in [0.05, 0.1) is 0 Å². The Balaban J connectivity index is 2.90. The first-order chi connectivity index (χ1) is 5.61. The van der Waals surface area contributed by atoms with Crippen LogP contribution in [0.2, 0.25) is 0 Å². The van der Waals surface area contributed by atoms with E-state index in [9.17, 15) is 4.79 Å². The number of carbonyl (C=O) groups excluding carboxylic acids is 1. The number of halogens is 2. The number of Topliss-reactive ketones (excluding diaryl/α,β-unsaturated/α-hetero) is 1. The maximum atomic E-state index is 11.3. The van der Waals surface area contributed by atoms with Gasteiger partial charge in [0.2, 0.25) is 0 Å². The van der Waals surface area contributed by atoms with Crippen LogP contribution >= 0.6 is 27.5 Å². The second-order valence-electron chi connectivity index (χ2n) is 2.53. The van der Waals surface area contributed by atoms with Gasteiger partial charge in [0.15, 0.2) is 10.1 Å². The third-order valence-corrected chi connectivity index (χ3v) is 2.15. The summed E-state index contributed by atoms with van der Waals surface area (Å²) < 4.78 is -0.625. The third kappa shape index (κ3) is 2.32. The molecular weight excluding hydrogens is 239 g/mol. The highest BCUT2D eigenvalue weighted by atomic mass is 79.9. The summed E-state index contributed by atoms with van der Waals surface area (Å²) in [6.45, 7) is 1.97. The first-order valence-corrected chi connectivity index (χ1v) is 4.85. The number of ketones is 1.